The monoisotopic (exact) mass is 596 g/mol. The largest absolute Gasteiger partial charge is 0.465 e. The summed E-state index contributed by atoms with van der Waals surface area (Å²) in [6, 6.07) is 11.9. The molecule has 0 saturated carbocycles. The molecule has 5 rings (SSSR count). The average molecular weight is 597 g/mol. The number of halogens is 1. The molecule has 1 spiro atoms. The molecule has 2 fully saturated rings. The van der Waals surface area contributed by atoms with Crippen LogP contribution in [0.15, 0.2) is 52.4 Å². The molecule has 8 nitrogen and oxygen atoms in total. The van der Waals surface area contributed by atoms with Gasteiger partial charge in [0.25, 0.3) is 5.56 Å². The quantitative estimate of drug-likeness (QED) is 0.151. The Morgan fingerprint density at radius 2 is 1.98 bits per heavy atom. The van der Waals surface area contributed by atoms with Gasteiger partial charge in [0.2, 0.25) is 5.91 Å². The van der Waals surface area contributed by atoms with Gasteiger partial charge in [-0.05, 0) is 81.5 Å². The number of nitrogens with one attached hydrogen (secondary N) is 1. The summed E-state index contributed by atoms with van der Waals surface area (Å²) >= 11 is 7.74. The molecule has 3 aromatic rings. The molecule has 0 aliphatic carbocycles. The van der Waals surface area contributed by atoms with Crippen LogP contribution in [0.25, 0.3) is 16.6 Å². The number of nitrogens with zero attached hydrogens (tertiary/aromatic N) is 3. The van der Waals surface area contributed by atoms with Crippen molar-refractivity contribution < 1.29 is 14.3 Å². The molecule has 218 valence electrons. The zero-order chi connectivity index (χ0) is 28.8. The minimum absolute atomic E-state index is 0.228. The summed E-state index contributed by atoms with van der Waals surface area (Å²) in [5, 5.41) is 4.99. The molecule has 1 atom stereocenters. The topological polar surface area (TPSA) is 93.5 Å². The zero-order valence-corrected chi connectivity index (χ0v) is 25.1. The number of carbonyl (C=O) groups excluding carboxylic acids is 2. The number of amides is 1. The van der Waals surface area contributed by atoms with Gasteiger partial charge in [0, 0.05) is 42.2 Å². The smallest absolute Gasteiger partial charge is 0.337 e. The van der Waals surface area contributed by atoms with Crippen molar-refractivity contribution in [3.05, 3.63) is 63.4 Å². The SMILES string of the molecule is COC(=O)c1ccc2c(=O)n(-c3cccc(Cl)c3)c(SCCCCCC(=O)N3CCCC4(CCCNC4)C3)nc2c1. The van der Waals surface area contributed by atoms with Crippen LogP contribution in [0.2, 0.25) is 5.02 Å². The van der Waals surface area contributed by atoms with Gasteiger partial charge in [-0.2, -0.15) is 0 Å². The number of aromatic nitrogens is 2. The Hall–Kier alpha value is -2.88. The average Bonchev–Trinajstić information content (AvgIpc) is 2.98. The van der Waals surface area contributed by atoms with Crippen molar-refractivity contribution in [1.82, 2.24) is 19.8 Å². The van der Waals surface area contributed by atoms with E-state index in [1.807, 2.05) is 6.07 Å². The molecule has 0 bridgehead atoms. The zero-order valence-electron chi connectivity index (χ0n) is 23.5. The summed E-state index contributed by atoms with van der Waals surface area (Å²) in [5.74, 6) is 0.531. The van der Waals surface area contributed by atoms with E-state index < -0.39 is 5.97 Å². The number of methoxy groups -OCH3 is 1. The van der Waals surface area contributed by atoms with Gasteiger partial charge < -0.3 is 15.0 Å². The highest BCUT2D eigenvalue weighted by atomic mass is 35.5. The van der Waals surface area contributed by atoms with Crippen LogP contribution in [0.1, 0.15) is 61.7 Å². The lowest BCUT2D eigenvalue weighted by Crippen LogP contribution is -2.52. The van der Waals surface area contributed by atoms with Gasteiger partial charge in [0.05, 0.1) is 29.3 Å². The molecule has 41 heavy (non-hydrogen) atoms. The van der Waals surface area contributed by atoms with Crippen LogP contribution in [0.4, 0.5) is 0 Å². The highest BCUT2D eigenvalue weighted by Crippen LogP contribution is 2.36. The fourth-order valence-electron chi connectivity index (χ4n) is 6.03. The summed E-state index contributed by atoms with van der Waals surface area (Å²) in [6.45, 7) is 3.89. The van der Waals surface area contributed by atoms with E-state index in [1.165, 1.54) is 38.1 Å². The lowest BCUT2D eigenvalue weighted by Gasteiger charge is -2.45. The summed E-state index contributed by atoms with van der Waals surface area (Å²) < 4.78 is 6.42. The molecular weight excluding hydrogens is 560 g/mol. The number of fused-ring (bicyclic) bond motifs is 1. The third kappa shape index (κ3) is 6.96. The first-order valence-corrected chi connectivity index (χ1v) is 15.8. The Balaban J connectivity index is 1.22. The molecule has 1 amide bonds. The maximum Gasteiger partial charge on any atom is 0.337 e. The Bertz CT molecular complexity index is 1460. The lowest BCUT2D eigenvalue weighted by atomic mass is 9.74. The fourth-order valence-corrected chi connectivity index (χ4v) is 7.22. The highest BCUT2D eigenvalue weighted by molar-refractivity contribution is 7.99. The van der Waals surface area contributed by atoms with E-state index in [4.69, 9.17) is 21.3 Å². The molecule has 2 aliphatic heterocycles. The highest BCUT2D eigenvalue weighted by Gasteiger charge is 2.37. The number of unbranched alkanes of at least 4 members (excludes halogenated alkanes) is 2. The van der Waals surface area contributed by atoms with Crippen LogP contribution >= 0.6 is 23.4 Å². The van der Waals surface area contributed by atoms with Crippen LogP contribution in [0.3, 0.4) is 0 Å². The second-order valence-corrected chi connectivity index (χ2v) is 12.6. The van der Waals surface area contributed by atoms with E-state index in [1.54, 1.807) is 41.0 Å². The summed E-state index contributed by atoms with van der Waals surface area (Å²) in [6.07, 6.45) is 7.95. The summed E-state index contributed by atoms with van der Waals surface area (Å²) in [7, 11) is 1.32. The minimum atomic E-state index is -0.480. The summed E-state index contributed by atoms with van der Waals surface area (Å²) in [5.41, 5.74) is 1.46. The molecule has 3 heterocycles. The second-order valence-electron chi connectivity index (χ2n) is 11.1. The van der Waals surface area contributed by atoms with E-state index in [0.717, 1.165) is 57.6 Å². The van der Waals surface area contributed by atoms with Gasteiger partial charge in [-0.1, -0.05) is 35.9 Å². The van der Waals surface area contributed by atoms with Gasteiger partial charge in [0.15, 0.2) is 5.16 Å². The number of piperidine rings is 2. The number of hydrogen-bond acceptors (Lipinski definition) is 7. The molecule has 2 aliphatic rings. The standard InChI is InChI=1S/C31H37ClN4O4S/c1-40-29(39)22-11-12-25-26(18-22)34-30(36(28(25)38)24-9-5-8-23(32)19-24)41-17-4-2-3-10-27(37)35-16-7-14-31(21-35)13-6-15-33-20-31/h5,8-9,11-12,18-19,33H,2-4,6-7,10,13-17,20-21H2,1H3. The van der Waals surface area contributed by atoms with Crippen molar-refractivity contribution in [3.63, 3.8) is 0 Å². The first-order chi connectivity index (χ1) is 19.9. The van der Waals surface area contributed by atoms with Crippen molar-refractivity contribution in [2.45, 2.75) is 56.5 Å². The number of thioether (sulfide) groups is 1. The van der Waals surface area contributed by atoms with Gasteiger partial charge in [-0.25, -0.2) is 9.78 Å². The Morgan fingerprint density at radius 3 is 2.76 bits per heavy atom. The maximum absolute atomic E-state index is 13.6. The first-order valence-electron chi connectivity index (χ1n) is 14.4. The normalized spacial score (nSPS) is 19.0. The summed E-state index contributed by atoms with van der Waals surface area (Å²) in [4.78, 5) is 45.5. The fraction of sp³-hybridized carbons (Fsp3) is 0.484. The minimum Gasteiger partial charge on any atom is -0.465 e. The van der Waals surface area contributed by atoms with Gasteiger partial charge in [0.1, 0.15) is 0 Å². The molecule has 0 radical (unpaired) electrons. The van der Waals surface area contributed by atoms with Crippen LogP contribution in [-0.4, -0.2) is 65.4 Å². The van der Waals surface area contributed by atoms with Gasteiger partial charge in [-0.15, -0.1) is 0 Å². The van der Waals surface area contributed by atoms with Crippen LogP contribution in [-0.2, 0) is 9.53 Å². The number of carbonyl (C=O) groups is 2. The van der Waals surface area contributed by atoms with Crippen molar-refractivity contribution in [1.29, 1.82) is 0 Å². The number of esters is 1. The van der Waals surface area contributed by atoms with E-state index in [-0.39, 0.29) is 16.9 Å². The van der Waals surface area contributed by atoms with E-state index >= 15 is 0 Å². The molecular formula is C31H37ClN4O4S. The number of rotatable bonds is 9. The van der Waals surface area contributed by atoms with Crippen LogP contribution < -0.4 is 10.9 Å². The molecule has 10 heteroatoms. The molecule has 1 unspecified atom stereocenters. The third-order valence-corrected chi connectivity index (χ3v) is 9.43. The Morgan fingerprint density at radius 1 is 1.12 bits per heavy atom. The number of benzene rings is 2. The maximum atomic E-state index is 13.6. The van der Waals surface area contributed by atoms with Crippen molar-refractivity contribution in [2.24, 2.45) is 5.41 Å². The van der Waals surface area contributed by atoms with Gasteiger partial charge in [-0.3, -0.25) is 14.2 Å². The first kappa shape index (κ1) is 29.6. The van der Waals surface area contributed by atoms with Gasteiger partial charge >= 0.3 is 5.97 Å². The van der Waals surface area contributed by atoms with Crippen LogP contribution in [0, 0.1) is 5.41 Å². The van der Waals surface area contributed by atoms with Crippen molar-refractivity contribution in [3.8, 4) is 5.69 Å². The van der Waals surface area contributed by atoms with Crippen molar-refractivity contribution in [2.75, 3.05) is 39.0 Å². The molecule has 2 aromatic carbocycles. The predicted molar refractivity (Wildman–Crippen MR) is 163 cm³/mol. The lowest BCUT2D eigenvalue weighted by molar-refractivity contribution is -0.135. The van der Waals surface area contributed by atoms with E-state index in [0.29, 0.717) is 38.8 Å². The third-order valence-electron chi connectivity index (χ3n) is 8.17. The molecule has 2 saturated heterocycles. The Labute approximate surface area is 249 Å². The van der Waals surface area contributed by atoms with E-state index in [9.17, 15) is 14.4 Å². The van der Waals surface area contributed by atoms with E-state index in [2.05, 4.69) is 10.2 Å². The number of ether oxygens (including phenoxy) is 1. The predicted octanol–water partition coefficient (Wildman–Crippen LogP) is 5.47. The second kappa shape index (κ2) is 13.4. The molecule has 1 aromatic heterocycles. The molecule has 1 N–H and O–H groups in total. The van der Waals surface area contributed by atoms with Crippen LogP contribution in [0.5, 0.6) is 0 Å². The number of likely N-dealkylation sites (tertiary alicyclic amines) is 1. The number of hydrogen-bond donors (Lipinski definition) is 1. The van der Waals surface area contributed by atoms with Crippen molar-refractivity contribution >= 4 is 46.1 Å². The Kier molecular flexibility index (Phi) is 9.68.